The van der Waals surface area contributed by atoms with Gasteiger partial charge in [-0.1, -0.05) is 0 Å². The Morgan fingerprint density at radius 3 is 2.70 bits per heavy atom. The van der Waals surface area contributed by atoms with E-state index in [2.05, 4.69) is 10.3 Å². The number of likely N-dealkylation sites (tertiary alicyclic amines) is 1. The van der Waals surface area contributed by atoms with Crippen molar-refractivity contribution in [3.8, 4) is 0 Å². The number of nitrogens with one attached hydrogen (secondary N) is 2. The Morgan fingerprint density at radius 1 is 1.30 bits per heavy atom. The largest absolute Gasteiger partial charge is 0.338 e. The maximum Gasteiger partial charge on any atom is 0.260 e. The molecule has 1 amide bonds. The molecule has 0 bridgehead atoms. The molecule has 0 radical (unpaired) electrons. The molecular weight excluding hydrogens is 254 g/mol. The van der Waals surface area contributed by atoms with Crippen molar-refractivity contribution in [2.24, 2.45) is 5.92 Å². The summed E-state index contributed by atoms with van der Waals surface area (Å²) in [6.07, 6.45) is 6.22. The zero-order valence-electron chi connectivity index (χ0n) is 11.6. The normalized spacial score (nSPS) is 20.1. The van der Waals surface area contributed by atoms with E-state index in [4.69, 9.17) is 0 Å². The molecule has 1 saturated carbocycles. The highest BCUT2D eigenvalue weighted by atomic mass is 16.2. The van der Waals surface area contributed by atoms with E-state index in [1.807, 2.05) is 0 Å². The van der Waals surface area contributed by atoms with Crippen molar-refractivity contribution in [2.75, 3.05) is 19.6 Å². The molecule has 3 rings (SSSR count). The van der Waals surface area contributed by atoms with Gasteiger partial charge in [-0.15, -0.1) is 0 Å². The van der Waals surface area contributed by atoms with E-state index in [1.165, 1.54) is 12.8 Å². The second-order valence-corrected chi connectivity index (χ2v) is 5.83. The lowest BCUT2D eigenvalue weighted by Gasteiger charge is -2.32. The SMILES string of the molecule is O=C(c1ccc[nH]c1=O)N1CCC(NCC2CC2)CC1. The summed E-state index contributed by atoms with van der Waals surface area (Å²) in [6, 6.07) is 3.81. The van der Waals surface area contributed by atoms with Crippen molar-refractivity contribution in [2.45, 2.75) is 31.7 Å². The van der Waals surface area contributed by atoms with E-state index in [1.54, 1.807) is 23.2 Å². The molecule has 20 heavy (non-hydrogen) atoms. The van der Waals surface area contributed by atoms with Gasteiger partial charge < -0.3 is 15.2 Å². The molecule has 108 valence electrons. The number of H-pyrrole nitrogens is 1. The highest BCUT2D eigenvalue weighted by molar-refractivity contribution is 5.93. The molecule has 5 heteroatoms. The molecular formula is C15H21N3O2. The molecule has 1 aromatic rings. The van der Waals surface area contributed by atoms with E-state index < -0.39 is 0 Å². The summed E-state index contributed by atoms with van der Waals surface area (Å²) >= 11 is 0. The maximum absolute atomic E-state index is 12.3. The minimum Gasteiger partial charge on any atom is -0.338 e. The van der Waals surface area contributed by atoms with Crippen molar-refractivity contribution >= 4 is 5.91 Å². The van der Waals surface area contributed by atoms with Gasteiger partial charge in [0.25, 0.3) is 11.5 Å². The zero-order chi connectivity index (χ0) is 13.9. The van der Waals surface area contributed by atoms with Crippen LogP contribution >= 0.6 is 0 Å². The molecule has 0 aromatic carbocycles. The summed E-state index contributed by atoms with van der Waals surface area (Å²) in [5.74, 6) is 0.741. The van der Waals surface area contributed by atoms with Crippen LogP contribution in [0, 0.1) is 5.92 Å². The molecule has 0 spiro atoms. The number of aromatic amines is 1. The fourth-order valence-electron chi connectivity index (χ4n) is 2.70. The average Bonchev–Trinajstić information content (AvgIpc) is 3.30. The number of rotatable bonds is 4. The highest BCUT2D eigenvalue weighted by Gasteiger charge is 2.27. The van der Waals surface area contributed by atoms with Gasteiger partial charge in [0.2, 0.25) is 0 Å². The molecule has 0 atom stereocenters. The molecule has 2 aliphatic rings. The van der Waals surface area contributed by atoms with Gasteiger partial charge >= 0.3 is 0 Å². The first-order valence-corrected chi connectivity index (χ1v) is 7.44. The Hall–Kier alpha value is -1.62. The lowest BCUT2D eigenvalue weighted by molar-refractivity contribution is 0.0703. The Kier molecular flexibility index (Phi) is 3.87. The molecule has 1 saturated heterocycles. The van der Waals surface area contributed by atoms with Gasteiger partial charge in [-0.2, -0.15) is 0 Å². The van der Waals surface area contributed by atoms with E-state index in [9.17, 15) is 9.59 Å². The second-order valence-electron chi connectivity index (χ2n) is 5.83. The third-order valence-corrected chi connectivity index (χ3v) is 4.22. The molecule has 5 nitrogen and oxygen atoms in total. The van der Waals surface area contributed by atoms with Gasteiger partial charge in [0.05, 0.1) is 0 Å². The van der Waals surface area contributed by atoms with Crippen LogP contribution in [0.15, 0.2) is 23.1 Å². The molecule has 1 aliphatic carbocycles. The van der Waals surface area contributed by atoms with Crippen molar-refractivity contribution in [3.63, 3.8) is 0 Å². The third-order valence-electron chi connectivity index (χ3n) is 4.22. The topological polar surface area (TPSA) is 65.2 Å². The van der Waals surface area contributed by atoms with Crippen LogP contribution in [0.3, 0.4) is 0 Å². The molecule has 1 aromatic heterocycles. The Morgan fingerprint density at radius 2 is 2.05 bits per heavy atom. The standard InChI is InChI=1S/C15H21N3O2/c19-14-13(2-1-7-16-14)15(20)18-8-5-12(6-9-18)17-10-11-3-4-11/h1-2,7,11-12,17H,3-6,8-10H2,(H,16,19). The van der Waals surface area contributed by atoms with E-state index in [-0.39, 0.29) is 17.0 Å². The summed E-state index contributed by atoms with van der Waals surface area (Å²) in [4.78, 5) is 28.3. The van der Waals surface area contributed by atoms with Gasteiger partial charge in [-0.3, -0.25) is 9.59 Å². The van der Waals surface area contributed by atoms with Crippen molar-refractivity contribution in [3.05, 3.63) is 34.2 Å². The fourth-order valence-corrected chi connectivity index (χ4v) is 2.70. The van der Waals surface area contributed by atoms with Crippen molar-refractivity contribution in [1.82, 2.24) is 15.2 Å². The summed E-state index contributed by atoms with van der Waals surface area (Å²) in [6.45, 7) is 2.59. The zero-order valence-corrected chi connectivity index (χ0v) is 11.6. The summed E-state index contributed by atoms with van der Waals surface area (Å²) in [5, 5.41) is 3.59. The Labute approximate surface area is 118 Å². The number of pyridine rings is 1. The van der Waals surface area contributed by atoms with Crippen LogP contribution in [0.25, 0.3) is 0 Å². The number of amides is 1. The highest BCUT2D eigenvalue weighted by Crippen LogP contribution is 2.28. The number of piperidine rings is 1. The van der Waals surface area contributed by atoms with E-state index in [0.717, 1.165) is 38.4 Å². The predicted octanol–water partition coefficient (Wildman–Crippen LogP) is 0.979. The van der Waals surface area contributed by atoms with Crippen LogP contribution < -0.4 is 10.9 Å². The van der Waals surface area contributed by atoms with Gasteiger partial charge in [0, 0.05) is 25.3 Å². The predicted molar refractivity (Wildman–Crippen MR) is 76.7 cm³/mol. The van der Waals surface area contributed by atoms with Crippen LogP contribution in [-0.4, -0.2) is 41.5 Å². The number of carbonyl (C=O) groups excluding carboxylic acids is 1. The minimum absolute atomic E-state index is 0.146. The summed E-state index contributed by atoms with van der Waals surface area (Å²) < 4.78 is 0. The molecule has 1 aliphatic heterocycles. The third kappa shape index (κ3) is 3.10. The van der Waals surface area contributed by atoms with E-state index >= 15 is 0 Å². The van der Waals surface area contributed by atoms with Crippen LogP contribution in [0.4, 0.5) is 0 Å². The molecule has 2 fully saturated rings. The maximum atomic E-state index is 12.3. The van der Waals surface area contributed by atoms with Crippen LogP contribution in [-0.2, 0) is 0 Å². The van der Waals surface area contributed by atoms with Crippen LogP contribution in [0.2, 0.25) is 0 Å². The number of nitrogens with zero attached hydrogens (tertiary/aromatic N) is 1. The Balaban J connectivity index is 1.53. The summed E-state index contributed by atoms with van der Waals surface area (Å²) in [7, 11) is 0. The van der Waals surface area contributed by atoms with Crippen molar-refractivity contribution in [1.29, 1.82) is 0 Å². The molecule has 2 N–H and O–H groups in total. The van der Waals surface area contributed by atoms with Gasteiger partial charge in [-0.25, -0.2) is 0 Å². The van der Waals surface area contributed by atoms with Gasteiger partial charge in [0.1, 0.15) is 5.56 Å². The van der Waals surface area contributed by atoms with E-state index in [0.29, 0.717) is 6.04 Å². The fraction of sp³-hybridized carbons (Fsp3) is 0.600. The van der Waals surface area contributed by atoms with Gasteiger partial charge in [-0.05, 0) is 50.3 Å². The number of carbonyl (C=O) groups is 1. The lowest BCUT2D eigenvalue weighted by atomic mass is 10.0. The smallest absolute Gasteiger partial charge is 0.260 e. The minimum atomic E-state index is -0.300. The quantitative estimate of drug-likeness (QED) is 0.861. The number of hydrogen-bond acceptors (Lipinski definition) is 3. The first kappa shape index (κ1) is 13.4. The monoisotopic (exact) mass is 275 g/mol. The average molecular weight is 275 g/mol. The summed E-state index contributed by atoms with van der Waals surface area (Å²) in [5.41, 5.74) is -0.0524. The van der Waals surface area contributed by atoms with Gasteiger partial charge in [0.15, 0.2) is 0 Å². The Bertz CT molecular complexity index is 528. The number of hydrogen-bond donors (Lipinski definition) is 2. The van der Waals surface area contributed by atoms with Crippen LogP contribution in [0.1, 0.15) is 36.0 Å². The second kappa shape index (κ2) is 5.79. The van der Waals surface area contributed by atoms with Crippen molar-refractivity contribution < 1.29 is 4.79 Å². The molecule has 2 heterocycles. The number of aromatic nitrogens is 1. The van der Waals surface area contributed by atoms with Crippen LogP contribution in [0.5, 0.6) is 0 Å². The first-order valence-electron chi connectivity index (χ1n) is 7.44. The first-order chi connectivity index (χ1) is 9.74. The lowest BCUT2D eigenvalue weighted by Crippen LogP contribution is -2.46. The molecule has 0 unspecified atom stereocenters.